The molecule has 0 aliphatic carbocycles. The molecule has 54 valence electrons. The highest BCUT2D eigenvalue weighted by Crippen LogP contribution is 2.15. The van der Waals surface area contributed by atoms with Crippen molar-refractivity contribution < 1.29 is 0 Å². The van der Waals surface area contributed by atoms with Crippen LogP contribution in [0.25, 0.3) is 0 Å². The van der Waals surface area contributed by atoms with Crippen molar-refractivity contribution in [2.75, 3.05) is 18.0 Å². The molecular formula is C6H9N3S. The van der Waals surface area contributed by atoms with E-state index < -0.39 is 0 Å². The van der Waals surface area contributed by atoms with Crippen molar-refractivity contribution in [1.29, 1.82) is 0 Å². The second-order valence-electron chi connectivity index (χ2n) is 2.43. The molecule has 1 aromatic rings. The predicted molar refractivity (Wildman–Crippen MR) is 41.4 cm³/mol. The summed E-state index contributed by atoms with van der Waals surface area (Å²) in [7, 11) is 0. The predicted octanol–water partition coefficient (Wildman–Crippen LogP) is 1.14. The highest BCUT2D eigenvalue weighted by molar-refractivity contribution is 7.03. The fourth-order valence-corrected chi connectivity index (χ4v) is 1.67. The maximum atomic E-state index is 4.15. The average Bonchev–Trinajstić information content (AvgIpc) is 2.59. The van der Waals surface area contributed by atoms with Gasteiger partial charge in [0.05, 0.1) is 0 Å². The number of hydrogen-bond donors (Lipinski definition) is 0. The van der Waals surface area contributed by atoms with Gasteiger partial charge in [0.25, 0.3) is 0 Å². The molecule has 0 radical (unpaired) electrons. The summed E-state index contributed by atoms with van der Waals surface area (Å²) < 4.78 is 4.15. The Bertz CT molecular complexity index is 191. The molecule has 0 saturated carbocycles. The van der Waals surface area contributed by atoms with Gasteiger partial charge >= 0.3 is 0 Å². The van der Waals surface area contributed by atoms with Gasteiger partial charge in [-0.15, -0.1) is 0 Å². The van der Waals surface area contributed by atoms with E-state index in [2.05, 4.69) is 14.3 Å². The molecule has 0 unspecified atom stereocenters. The summed E-state index contributed by atoms with van der Waals surface area (Å²) in [6.07, 6.45) is 2.58. The molecule has 3 nitrogen and oxygen atoms in total. The van der Waals surface area contributed by atoms with Crippen LogP contribution in [-0.4, -0.2) is 22.4 Å². The largest absolute Gasteiger partial charge is 0.340 e. The minimum atomic E-state index is 0.919. The van der Waals surface area contributed by atoms with E-state index in [1.807, 2.05) is 0 Å². The lowest BCUT2D eigenvalue weighted by Gasteiger charge is -2.10. The van der Waals surface area contributed by atoms with Crippen LogP contribution in [0.1, 0.15) is 12.8 Å². The van der Waals surface area contributed by atoms with E-state index >= 15 is 0 Å². The van der Waals surface area contributed by atoms with Crippen LogP contribution in [0.5, 0.6) is 0 Å². The quantitative estimate of drug-likeness (QED) is 0.609. The van der Waals surface area contributed by atoms with Gasteiger partial charge in [0.1, 0.15) is 5.51 Å². The van der Waals surface area contributed by atoms with Crippen LogP contribution in [0, 0.1) is 0 Å². The van der Waals surface area contributed by atoms with E-state index in [0.29, 0.717) is 0 Å². The van der Waals surface area contributed by atoms with E-state index in [9.17, 15) is 0 Å². The third kappa shape index (κ3) is 0.988. The molecule has 1 saturated heterocycles. The summed E-state index contributed by atoms with van der Waals surface area (Å²) in [6, 6.07) is 0. The van der Waals surface area contributed by atoms with E-state index in [1.165, 1.54) is 24.4 Å². The van der Waals surface area contributed by atoms with E-state index in [-0.39, 0.29) is 0 Å². The van der Waals surface area contributed by atoms with Crippen molar-refractivity contribution in [2.45, 2.75) is 12.8 Å². The fourth-order valence-electron chi connectivity index (χ4n) is 1.22. The van der Waals surface area contributed by atoms with Crippen molar-refractivity contribution >= 4 is 17.5 Å². The Morgan fingerprint density at radius 2 is 2.20 bits per heavy atom. The van der Waals surface area contributed by atoms with Crippen LogP contribution < -0.4 is 4.90 Å². The third-order valence-corrected chi connectivity index (χ3v) is 2.21. The maximum Gasteiger partial charge on any atom is 0.237 e. The van der Waals surface area contributed by atoms with Gasteiger partial charge in [-0.25, -0.2) is 4.98 Å². The Morgan fingerprint density at radius 3 is 2.80 bits per heavy atom. The Balaban J connectivity index is 2.12. The fraction of sp³-hybridized carbons (Fsp3) is 0.667. The zero-order valence-corrected chi connectivity index (χ0v) is 6.47. The Morgan fingerprint density at radius 1 is 1.40 bits per heavy atom. The molecule has 0 N–H and O–H groups in total. The second-order valence-corrected chi connectivity index (χ2v) is 3.03. The summed E-state index contributed by atoms with van der Waals surface area (Å²) >= 11 is 1.42. The van der Waals surface area contributed by atoms with E-state index in [1.54, 1.807) is 5.51 Å². The number of rotatable bonds is 1. The normalized spacial score (nSPS) is 18.2. The molecule has 0 bridgehead atoms. The lowest BCUT2D eigenvalue weighted by Crippen LogP contribution is -2.18. The van der Waals surface area contributed by atoms with Crippen LogP contribution in [-0.2, 0) is 0 Å². The minimum Gasteiger partial charge on any atom is -0.340 e. The summed E-state index contributed by atoms with van der Waals surface area (Å²) in [6.45, 7) is 2.27. The van der Waals surface area contributed by atoms with Gasteiger partial charge in [-0.05, 0) is 24.4 Å². The summed E-state index contributed by atoms with van der Waals surface area (Å²) in [5, 5.41) is 0. The van der Waals surface area contributed by atoms with E-state index in [4.69, 9.17) is 0 Å². The monoisotopic (exact) mass is 155 g/mol. The molecule has 0 atom stereocenters. The minimum absolute atomic E-state index is 0.919. The van der Waals surface area contributed by atoms with Crippen LogP contribution in [0.3, 0.4) is 0 Å². The number of aromatic nitrogens is 2. The molecule has 10 heavy (non-hydrogen) atoms. The Hall–Kier alpha value is -0.640. The molecular weight excluding hydrogens is 146 g/mol. The smallest absolute Gasteiger partial charge is 0.237 e. The summed E-state index contributed by atoms with van der Waals surface area (Å²) in [5.74, 6) is 0.919. The molecule has 1 fully saturated rings. The molecule has 0 amide bonds. The molecule has 1 aliphatic heterocycles. The first-order valence-electron chi connectivity index (χ1n) is 3.48. The van der Waals surface area contributed by atoms with Crippen molar-refractivity contribution in [3.63, 3.8) is 0 Å². The summed E-state index contributed by atoms with van der Waals surface area (Å²) in [4.78, 5) is 6.36. The van der Waals surface area contributed by atoms with Crippen LogP contribution >= 0.6 is 11.5 Å². The molecule has 4 heteroatoms. The van der Waals surface area contributed by atoms with Gasteiger partial charge in [0, 0.05) is 13.1 Å². The van der Waals surface area contributed by atoms with Crippen LogP contribution in [0.2, 0.25) is 0 Å². The Labute approximate surface area is 63.9 Å². The van der Waals surface area contributed by atoms with Crippen molar-refractivity contribution in [3.05, 3.63) is 5.51 Å². The average molecular weight is 155 g/mol. The number of anilines is 1. The lowest BCUT2D eigenvalue weighted by molar-refractivity contribution is 0.922. The first-order chi connectivity index (χ1) is 4.97. The summed E-state index contributed by atoms with van der Waals surface area (Å²) in [5.41, 5.74) is 1.79. The Kier molecular flexibility index (Phi) is 1.55. The molecule has 0 spiro atoms. The van der Waals surface area contributed by atoms with Gasteiger partial charge in [0.15, 0.2) is 0 Å². The zero-order valence-electron chi connectivity index (χ0n) is 5.66. The van der Waals surface area contributed by atoms with Crippen molar-refractivity contribution in [1.82, 2.24) is 9.36 Å². The van der Waals surface area contributed by atoms with Gasteiger partial charge < -0.3 is 4.90 Å². The first-order valence-corrected chi connectivity index (χ1v) is 4.32. The van der Waals surface area contributed by atoms with Crippen molar-refractivity contribution in [2.24, 2.45) is 0 Å². The molecule has 1 aliphatic rings. The molecule has 1 aromatic heterocycles. The highest BCUT2D eigenvalue weighted by atomic mass is 32.1. The lowest BCUT2D eigenvalue weighted by atomic mass is 10.4. The maximum absolute atomic E-state index is 4.15. The molecule has 0 aromatic carbocycles. The van der Waals surface area contributed by atoms with Gasteiger partial charge in [-0.3, -0.25) is 0 Å². The zero-order chi connectivity index (χ0) is 6.81. The molecule has 2 rings (SSSR count). The third-order valence-electron chi connectivity index (χ3n) is 1.74. The van der Waals surface area contributed by atoms with Crippen molar-refractivity contribution in [3.8, 4) is 0 Å². The van der Waals surface area contributed by atoms with Gasteiger partial charge in [-0.1, -0.05) is 0 Å². The van der Waals surface area contributed by atoms with Gasteiger partial charge in [0.2, 0.25) is 5.95 Å². The molecule has 2 heterocycles. The topological polar surface area (TPSA) is 29.0 Å². The number of hydrogen-bond acceptors (Lipinski definition) is 4. The number of nitrogens with zero attached hydrogens (tertiary/aromatic N) is 3. The van der Waals surface area contributed by atoms with Crippen LogP contribution in [0.15, 0.2) is 5.51 Å². The second kappa shape index (κ2) is 2.54. The van der Waals surface area contributed by atoms with Gasteiger partial charge in [-0.2, -0.15) is 4.37 Å². The van der Waals surface area contributed by atoms with Crippen LogP contribution in [0.4, 0.5) is 5.95 Å². The standard InChI is InChI=1S/C6H9N3S/c1-2-4-9(3-1)6-7-5-10-8-6/h5H,1-4H2. The highest BCUT2D eigenvalue weighted by Gasteiger charge is 2.14. The SMILES string of the molecule is c1nc(N2CCCC2)ns1. The first kappa shape index (κ1) is 6.09. The van der Waals surface area contributed by atoms with E-state index in [0.717, 1.165) is 19.0 Å².